The summed E-state index contributed by atoms with van der Waals surface area (Å²) in [5, 5.41) is 3.59. The maximum Gasteiger partial charge on any atom is 0.184 e. The summed E-state index contributed by atoms with van der Waals surface area (Å²) >= 11 is 4.48. The minimum Gasteiger partial charge on any atom is -0.375 e. The lowest BCUT2D eigenvalue weighted by atomic mass is 10.2. The van der Waals surface area contributed by atoms with Crippen LogP contribution in [-0.4, -0.2) is 11.3 Å². The van der Waals surface area contributed by atoms with Gasteiger partial charge in [-0.25, -0.2) is 8.78 Å². The Bertz CT molecular complexity index is 379. The first kappa shape index (κ1) is 10.5. The highest BCUT2D eigenvalue weighted by Gasteiger charge is 1.99. The molecule has 3 nitrogen and oxygen atoms in total. The van der Waals surface area contributed by atoms with Crippen LogP contribution in [0.25, 0.3) is 0 Å². The summed E-state index contributed by atoms with van der Waals surface area (Å²) in [6, 6.07) is 3.40. The molecule has 0 amide bonds. The van der Waals surface area contributed by atoms with E-state index < -0.39 is 11.6 Å². The van der Waals surface area contributed by atoms with Crippen molar-refractivity contribution in [2.24, 2.45) is 10.8 Å². The average molecular weight is 215 g/mol. The van der Waals surface area contributed by atoms with E-state index >= 15 is 0 Å². The standard InChI is InChI=1S/C8H7F2N3S/c9-6-2-1-5(3-7(6)10)4-12-13-8(11)14/h1-4H,(H3,11,13,14). The quantitative estimate of drug-likeness (QED) is 0.442. The van der Waals surface area contributed by atoms with Crippen LogP contribution < -0.4 is 11.2 Å². The second-order valence-corrected chi connectivity index (χ2v) is 2.85. The van der Waals surface area contributed by atoms with Gasteiger partial charge in [0.2, 0.25) is 0 Å². The number of benzene rings is 1. The number of halogens is 2. The third-order valence-corrected chi connectivity index (χ3v) is 1.42. The van der Waals surface area contributed by atoms with Crippen molar-refractivity contribution < 1.29 is 8.78 Å². The lowest BCUT2D eigenvalue weighted by Crippen LogP contribution is -2.23. The Balaban J connectivity index is 2.73. The van der Waals surface area contributed by atoms with Gasteiger partial charge in [0.05, 0.1) is 6.21 Å². The molecule has 0 aliphatic heterocycles. The molecular formula is C8H7F2N3S. The lowest BCUT2D eigenvalue weighted by molar-refractivity contribution is 0.508. The van der Waals surface area contributed by atoms with E-state index in [2.05, 4.69) is 22.7 Å². The predicted octanol–water partition coefficient (Wildman–Crippen LogP) is 1.13. The van der Waals surface area contributed by atoms with E-state index in [0.717, 1.165) is 12.1 Å². The van der Waals surface area contributed by atoms with Gasteiger partial charge in [-0.3, -0.25) is 5.43 Å². The van der Waals surface area contributed by atoms with Gasteiger partial charge in [-0.05, 0) is 29.9 Å². The van der Waals surface area contributed by atoms with Gasteiger partial charge in [0, 0.05) is 0 Å². The Labute approximate surface area is 84.6 Å². The molecule has 3 N–H and O–H groups in total. The van der Waals surface area contributed by atoms with Gasteiger partial charge in [-0.2, -0.15) is 5.10 Å². The summed E-state index contributed by atoms with van der Waals surface area (Å²) in [5.74, 6) is -1.83. The van der Waals surface area contributed by atoms with Crippen molar-refractivity contribution >= 4 is 23.5 Å². The molecule has 0 aromatic heterocycles. The Hall–Kier alpha value is -1.56. The molecule has 0 fully saturated rings. The molecule has 1 aromatic carbocycles. The van der Waals surface area contributed by atoms with Gasteiger partial charge < -0.3 is 5.73 Å². The fraction of sp³-hybridized carbons (Fsp3) is 0. The van der Waals surface area contributed by atoms with E-state index in [1.807, 2.05) is 0 Å². The summed E-state index contributed by atoms with van der Waals surface area (Å²) < 4.78 is 25.1. The molecule has 14 heavy (non-hydrogen) atoms. The molecule has 0 aliphatic rings. The van der Waals surface area contributed by atoms with Crippen LogP contribution in [0.3, 0.4) is 0 Å². The predicted molar refractivity (Wildman–Crippen MR) is 53.9 cm³/mol. The zero-order valence-electron chi connectivity index (χ0n) is 7.00. The highest BCUT2D eigenvalue weighted by molar-refractivity contribution is 7.80. The second kappa shape index (κ2) is 4.61. The molecule has 0 unspecified atom stereocenters. The summed E-state index contributed by atoms with van der Waals surface area (Å²) in [7, 11) is 0. The average Bonchev–Trinajstić information content (AvgIpc) is 2.10. The first-order valence-corrected chi connectivity index (χ1v) is 4.04. The van der Waals surface area contributed by atoms with Gasteiger partial charge in [-0.1, -0.05) is 6.07 Å². The van der Waals surface area contributed by atoms with Crippen molar-refractivity contribution in [1.82, 2.24) is 5.43 Å². The molecule has 0 radical (unpaired) electrons. The first-order chi connectivity index (χ1) is 6.59. The SMILES string of the molecule is NC(=S)NN=Cc1ccc(F)c(F)c1. The number of hydrogen-bond donors (Lipinski definition) is 2. The van der Waals surface area contributed by atoms with Crippen LogP contribution in [0.4, 0.5) is 8.78 Å². The Morgan fingerprint density at radius 3 is 2.71 bits per heavy atom. The van der Waals surface area contributed by atoms with E-state index in [9.17, 15) is 8.78 Å². The van der Waals surface area contributed by atoms with Crippen molar-refractivity contribution in [1.29, 1.82) is 0 Å². The molecular weight excluding hydrogens is 208 g/mol. The van der Waals surface area contributed by atoms with Crippen molar-refractivity contribution in [3.05, 3.63) is 35.4 Å². The fourth-order valence-corrected chi connectivity index (χ4v) is 0.816. The molecule has 0 saturated carbocycles. The first-order valence-electron chi connectivity index (χ1n) is 3.63. The minimum atomic E-state index is -0.927. The van der Waals surface area contributed by atoms with Crippen LogP contribution in [0.1, 0.15) is 5.56 Å². The monoisotopic (exact) mass is 215 g/mol. The van der Waals surface area contributed by atoms with Gasteiger partial charge in [0.1, 0.15) is 0 Å². The third-order valence-electron chi connectivity index (χ3n) is 1.33. The number of rotatable bonds is 2. The van der Waals surface area contributed by atoms with E-state index in [0.29, 0.717) is 5.56 Å². The smallest absolute Gasteiger partial charge is 0.184 e. The summed E-state index contributed by atoms with van der Waals surface area (Å²) in [4.78, 5) is 0. The maximum absolute atomic E-state index is 12.7. The number of nitrogens with one attached hydrogen (secondary N) is 1. The largest absolute Gasteiger partial charge is 0.375 e. The number of hydrazone groups is 1. The molecule has 0 bridgehead atoms. The summed E-state index contributed by atoms with van der Waals surface area (Å²) in [5.41, 5.74) is 7.78. The molecule has 0 saturated heterocycles. The molecule has 74 valence electrons. The van der Waals surface area contributed by atoms with E-state index in [1.165, 1.54) is 12.3 Å². The van der Waals surface area contributed by atoms with Crippen LogP contribution in [0.2, 0.25) is 0 Å². The maximum atomic E-state index is 12.7. The van der Waals surface area contributed by atoms with Crippen molar-refractivity contribution in [2.75, 3.05) is 0 Å². The number of nitrogens with zero attached hydrogens (tertiary/aromatic N) is 1. The highest BCUT2D eigenvalue weighted by Crippen LogP contribution is 2.06. The van der Waals surface area contributed by atoms with Crippen LogP contribution in [0.15, 0.2) is 23.3 Å². The lowest BCUT2D eigenvalue weighted by Gasteiger charge is -1.96. The fourth-order valence-electron chi connectivity index (χ4n) is 0.763. The Morgan fingerprint density at radius 2 is 2.14 bits per heavy atom. The molecule has 1 aromatic rings. The number of thiocarbonyl (C=S) groups is 1. The van der Waals surface area contributed by atoms with Crippen LogP contribution >= 0.6 is 12.2 Å². The normalized spacial score (nSPS) is 10.4. The topological polar surface area (TPSA) is 50.4 Å². The highest BCUT2D eigenvalue weighted by atomic mass is 32.1. The van der Waals surface area contributed by atoms with Crippen LogP contribution in [0.5, 0.6) is 0 Å². The number of hydrogen-bond acceptors (Lipinski definition) is 2. The third kappa shape index (κ3) is 3.06. The van der Waals surface area contributed by atoms with Crippen molar-refractivity contribution in [2.45, 2.75) is 0 Å². The van der Waals surface area contributed by atoms with Crippen molar-refractivity contribution in [3.8, 4) is 0 Å². The summed E-state index contributed by atoms with van der Waals surface area (Å²) in [6.07, 6.45) is 1.28. The van der Waals surface area contributed by atoms with Crippen molar-refractivity contribution in [3.63, 3.8) is 0 Å². The molecule has 0 atom stereocenters. The Kier molecular flexibility index (Phi) is 3.47. The molecule has 0 aliphatic carbocycles. The Morgan fingerprint density at radius 1 is 1.43 bits per heavy atom. The molecule has 0 spiro atoms. The molecule has 6 heteroatoms. The molecule has 1 rings (SSSR count). The van der Waals surface area contributed by atoms with Crippen LogP contribution in [0, 0.1) is 11.6 Å². The minimum absolute atomic E-state index is 0.00355. The zero-order valence-corrected chi connectivity index (χ0v) is 7.81. The van der Waals surface area contributed by atoms with Gasteiger partial charge in [0.15, 0.2) is 16.7 Å². The molecule has 0 heterocycles. The van der Waals surface area contributed by atoms with Gasteiger partial charge >= 0.3 is 0 Å². The van der Waals surface area contributed by atoms with Gasteiger partial charge in [0.25, 0.3) is 0 Å². The van der Waals surface area contributed by atoms with E-state index in [4.69, 9.17) is 5.73 Å². The van der Waals surface area contributed by atoms with Gasteiger partial charge in [-0.15, -0.1) is 0 Å². The second-order valence-electron chi connectivity index (χ2n) is 2.41. The zero-order chi connectivity index (χ0) is 10.6. The summed E-state index contributed by atoms with van der Waals surface area (Å²) in [6.45, 7) is 0. The van der Waals surface area contributed by atoms with E-state index in [-0.39, 0.29) is 5.11 Å². The number of nitrogens with two attached hydrogens (primary N) is 1. The van der Waals surface area contributed by atoms with Crippen LogP contribution in [-0.2, 0) is 0 Å². The van der Waals surface area contributed by atoms with E-state index in [1.54, 1.807) is 0 Å².